The Morgan fingerprint density at radius 1 is 1.11 bits per heavy atom. The maximum atomic E-state index is 2.24. The molecule has 0 fully saturated rings. The van der Waals surface area contributed by atoms with Crippen molar-refractivity contribution in [1.29, 1.82) is 0 Å². The topological polar surface area (TPSA) is 0 Å². The summed E-state index contributed by atoms with van der Waals surface area (Å²) >= 11 is 0. The van der Waals surface area contributed by atoms with Crippen LogP contribution in [-0.2, 0) is 31.6 Å². The van der Waals surface area contributed by atoms with E-state index in [-0.39, 0.29) is 26.2 Å². The summed E-state index contributed by atoms with van der Waals surface area (Å²) in [7, 11) is 0. The molecule has 0 heterocycles. The molecule has 1 heteroatoms. The molecule has 0 saturated heterocycles. The Morgan fingerprint density at radius 2 is 1.68 bits per heavy atom. The van der Waals surface area contributed by atoms with Crippen LogP contribution in [0, 0.1) is 27.7 Å². The zero-order chi connectivity index (χ0) is 13.9. The van der Waals surface area contributed by atoms with E-state index in [1.807, 2.05) is 0 Å². The van der Waals surface area contributed by atoms with Crippen molar-refractivity contribution in [3.05, 3.63) is 58.1 Å². The Bertz CT molecular complexity index is 456. The van der Waals surface area contributed by atoms with Crippen LogP contribution in [0.2, 0.25) is 0 Å². The van der Waals surface area contributed by atoms with Crippen molar-refractivity contribution in [2.45, 2.75) is 53.9 Å². The summed E-state index contributed by atoms with van der Waals surface area (Å²) in [5, 5.41) is 0. The minimum Gasteiger partial charge on any atom is -0.210 e. The van der Waals surface area contributed by atoms with Crippen LogP contribution >= 0.6 is 0 Å². The molecule has 0 aromatic heterocycles. The van der Waals surface area contributed by atoms with Crippen LogP contribution in [0.1, 0.15) is 48.6 Å². The zero-order valence-corrected chi connectivity index (χ0v) is 15.8. The first-order chi connectivity index (χ1) is 8.23. The van der Waals surface area contributed by atoms with Crippen molar-refractivity contribution >= 4 is 0 Å². The van der Waals surface area contributed by atoms with E-state index in [0.29, 0.717) is 5.41 Å². The standard InChI is InChI=1S/2C9H13.Zr/c1-6-5-7(2)9(4)8(6)3;1-9(2,3)8-6-4-5-7-8;/h5H,1-4H3;4-7H,1-3H3;/q2*-1;+2. The number of aryl methyl sites for hydroxylation is 2. The summed E-state index contributed by atoms with van der Waals surface area (Å²) < 4.78 is 0. The smallest absolute Gasteiger partial charge is 0.210 e. The van der Waals surface area contributed by atoms with Gasteiger partial charge < -0.3 is 0 Å². The molecule has 102 valence electrons. The molecule has 0 amide bonds. The molecule has 0 aliphatic rings. The molecule has 0 saturated carbocycles. The van der Waals surface area contributed by atoms with Gasteiger partial charge in [-0.3, -0.25) is 0 Å². The maximum absolute atomic E-state index is 2.24. The van der Waals surface area contributed by atoms with Gasteiger partial charge in [0.15, 0.2) is 0 Å². The van der Waals surface area contributed by atoms with E-state index >= 15 is 0 Å². The minimum absolute atomic E-state index is 0. The molecule has 0 nitrogen and oxygen atoms in total. The summed E-state index contributed by atoms with van der Waals surface area (Å²) in [5.41, 5.74) is 7.49. The molecule has 0 spiro atoms. The van der Waals surface area contributed by atoms with Gasteiger partial charge in [0, 0.05) is 0 Å². The van der Waals surface area contributed by atoms with Gasteiger partial charge in [-0.1, -0.05) is 53.9 Å². The summed E-state index contributed by atoms with van der Waals surface area (Å²) in [6.45, 7) is 15.4. The molecule has 19 heavy (non-hydrogen) atoms. The summed E-state index contributed by atoms with van der Waals surface area (Å²) in [4.78, 5) is 0. The Kier molecular flexibility index (Phi) is 7.23. The third kappa shape index (κ3) is 5.23. The van der Waals surface area contributed by atoms with E-state index < -0.39 is 0 Å². The summed E-state index contributed by atoms with van der Waals surface area (Å²) in [6, 6.07) is 10.7. The Hall–Kier alpha value is -0.417. The van der Waals surface area contributed by atoms with Gasteiger partial charge in [-0.25, -0.2) is 6.07 Å². The van der Waals surface area contributed by atoms with Gasteiger partial charge in [0.2, 0.25) is 0 Å². The van der Waals surface area contributed by atoms with Crippen molar-refractivity contribution in [2.75, 3.05) is 0 Å². The van der Waals surface area contributed by atoms with Crippen LogP contribution in [0.25, 0.3) is 0 Å². The first kappa shape index (κ1) is 18.6. The van der Waals surface area contributed by atoms with Crippen molar-refractivity contribution in [2.24, 2.45) is 0 Å². The molecule has 2 aromatic carbocycles. The molecule has 2 aromatic rings. The van der Waals surface area contributed by atoms with E-state index in [1.165, 1.54) is 27.8 Å². The van der Waals surface area contributed by atoms with Crippen molar-refractivity contribution in [3.63, 3.8) is 0 Å². The second-order valence-electron chi connectivity index (χ2n) is 6.18. The molecule has 0 N–H and O–H groups in total. The first-order valence-corrected chi connectivity index (χ1v) is 6.65. The molecular weight excluding hydrogens is 307 g/mol. The zero-order valence-electron chi connectivity index (χ0n) is 13.4. The fourth-order valence-electron chi connectivity index (χ4n) is 2.01. The normalized spacial score (nSPS) is 10.5. The minimum atomic E-state index is 0. The van der Waals surface area contributed by atoms with Gasteiger partial charge >= 0.3 is 26.2 Å². The van der Waals surface area contributed by atoms with Crippen LogP contribution in [0.4, 0.5) is 0 Å². The second-order valence-corrected chi connectivity index (χ2v) is 6.18. The monoisotopic (exact) mass is 332 g/mol. The van der Waals surface area contributed by atoms with Gasteiger partial charge in [0.1, 0.15) is 0 Å². The van der Waals surface area contributed by atoms with Crippen LogP contribution in [0.15, 0.2) is 30.3 Å². The van der Waals surface area contributed by atoms with Crippen LogP contribution in [0.5, 0.6) is 0 Å². The first-order valence-electron chi connectivity index (χ1n) is 6.65. The van der Waals surface area contributed by atoms with Crippen LogP contribution < -0.4 is 0 Å². The molecule has 0 aliphatic carbocycles. The largest absolute Gasteiger partial charge is 2.00 e. The van der Waals surface area contributed by atoms with E-state index in [2.05, 4.69) is 78.8 Å². The summed E-state index contributed by atoms with van der Waals surface area (Å²) in [6.07, 6.45) is 0. The van der Waals surface area contributed by atoms with Gasteiger partial charge in [-0.15, -0.1) is 0 Å². The average Bonchev–Trinajstić information content (AvgIpc) is 2.86. The van der Waals surface area contributed by atoms with E-state index in [4.69, 9.17) is 0 Å². The number of hydrogen-bond donors (Lipinski definition) is 0. The molecule has 2 rings (SSSR count). The number of rotatable bonds is 0. The van der Waals surface area contributed by atoms with E-state index in [9.17, 15) is 0 Å². The molecular formula is C18H26Zr. The second kappa shape index (κ2) is 7.39. The Balaban J connectivity index is 0.000000324. The maximum Gasteiger partial charge on any atom is 2.00 e. The average molecular weight is 334 g/mol. The van der Waals surface area contributed by atoms with Gasteiger partial charge in [0.05, 0.1) is 0 Å². The predicted molar refractivity (Wildman–Crippen MR) is 81.7 cm³/mol. The number of hydrogen-bond acceptors (Lipinski definition) is 0. The van der Waals surface area contributed by atoms with Crippen molar-refractivity contribution in [1.82, 2.24) is 0 Å². The Morgan fingerprint density at radius 3 is 1.84 bits per heavy atom. The summed E-state index contributed by atoms with van der Waals surface area (Å²) in [5.74, 6) is 0. The fraction of sp³-hybridized carbons (Fsp3) is 0.444. The van der Waals surface area contributed by atoms with Crippen molar-refractivity contribution in [3.8, 4) is 0 Å². The Labute approximate surface area is 138 Å². The predicted octanol–water partition coefficient (Wildman–Crippen LogP) is 5.34. The molecule has 0 bridgehead atoms. The molecule has 0 atom stereocenters. The third-order valence-electron chi connectivity index (χ3n) is 3.71. The van der Waals surface area contributed by atoms with Crippen LogP contribution in [-0.4, -0.2) is 0 Å². The van der Waals surface area contributed by atoms with Gasteiger partial charge in [0.25, 0.3) is 0 Å². The van der Waals surface area contributed by atoms with Gasteiger partial charge in [-0.05, 0) is 0 Å². The van der Waals surface area contributed by atoms with E-state index in [0.717, 1.165) is 0 Å². The quantitative estimate of drug-likeness (QED) is 0.571. The molecule has 0 aliphatic heterocycles. The molecule has 0 radical (unpaired) electrons. The molecule has 0 unspecified atom stereocenters. The van der Waals surface area contributed by atoms with Crippen LogP contribution in [0.3, 0.4) is 0 Å². The SMILES string of the molecule is CC(C)(C)c1cc[cH-]c1.Cc1c[c-](C)c(C)c1C.[Zr+2]. The van der Waals surface area contributed by atoms with E-state index in [1.54, 1.807) is 0 Å². The fourth-order valence-corrected chi connectivity index (χ4v) is 2.01. The van der Waals surface area contributed by atoms with Crippen molar-refractivity contribution < 1.29 is 26.2 Å². The third-order valence-corrected chi connectivity index (χ3v) is 3.71. The van der Waals surface area contributed by atoms with Gasteiger partial charge in [-0.2, -0.15) is 52.1 Å².